The molecule has 0 bridgehead atoms. The van der Waals surface area contributed by atoms with Gasteiger partial charge in [0.2, 0.25) is 5.91 Å². The fourth-order valence-electron chi connectivity index (χ4n) is 1.93. The molecule has 19 heavy (non-hydrogen) atoms. The van der Waals surface area contributed by atoms with Crippen LogP contribution < -0.4 is 5.73 Å². The Labute approximate surface area is 117 Å². The molecule has 0 aliphatic carbocycles. The smallest absolute Gasteiger partial charge is 0.242 e. The minimum absolute atomic E-state index is 0.0958. The van der Waals surface area contributed by atoms with Crippen LogP contribution in [-0.4, -0.2) is 34.0 Å². The molecule has 0 spiro atoms. The van der Waals surface area contributed by atoms with Gasteiger partial charge in [0.25, 0.3) is 0 Å². The van der Waals surface area contributed by atoms with E-state index in [1.54, 1.807) is 11.9 Å². The van der Waals surface area contributed by atoms with E-state index in [2.05, 4.69) is 0 Å². The monoisotopic (exact) mass is 275 g/mol. The van der Waals surface area contributed by atoms with Crippen LogP contribution in [0, 0.1) is 0 Å². The molecule has 0 saturated carbocycles. The Morgan fingerprint density at radius 3 is 2.79 bits per heavy atom. The number of benzene rings is 1. The highest BCUT2D eigenvalue weighted by Crippen LogP contribution is 2.18. The van der Waals surface area contributed by atoms with Crippen molar-refractivity contribution in [3.05, 3.63) is 36.0 Å². The van der Waals surface area contributed by atoms with E-state index in [4.69, 9.17) is 18.0 Å². The summed E-state index contributed by atoms with van der Waals surface area (Å²) in [4.78, 5) is 14.0. The van der Waals surface area contributed by atoms with Crippen LogP contribution in [0.3, 0.4) is 0 Å². The van der Waals surface area contributed by atoms with Gasteiger partial charge in [0, 0.05) is 36.3 Å². The molecule has 1 amide bonds. The van der Waals surface area contributed by atoms with Gasteiger partial charge >= 0.3 is 0 Å². The van der Waals surface area contributed by atoms with Crippen molar-refractivity contribution in [2.24, 2.45) is 5.73 Å². The molecule has 0 aliphatic rings. The fourth-order valence-corrected chi connectivity index (χ4v) is 2.06. The van der Waals surface area contributed by atoms with Gasteiger partial charge < -0.3 is 15.2 Å². The van der Waals surface area contributed by atoms with Gasteiger partial charge in [-0.1, -0.05) is 12.2 Å². The van der Waals surface area contributed by atoms with Crippen molar-refractivity contribution in [3.8, 4) is 0 Å². The average molecular weight is 275 g/mol. The van der Waals surface area contributed by atoms with Gasteiger partial charge in [-0.05, 0) is 31.2 Å². The third kappa shape index (κ3) is 2.76. The topological polar surface area (TPSA) is 51.3 Å². The molecule has 1 heterocycles. The van der Waals surface area contributed by atoms with Crippen LogP contribution in [0.15, 0.2) is 30.5 Å². The summed E-state index contributed by atoms with van der Waals surface area (Å²) in [6.07, 6.45) is 1.91. The zero-order valence-corrected chi connectivity index (χ0v) is 11.9. The standard InChI is InChI=1S/C14H17N3OS/c1-3-16(2)13(18)9-17-7-6-10-8-11(14(15)19)4-5-12(10)17/h4-8H,3,9H2,1-2H3,(H2,15,19). The number of carbonyl (C=O) groups excluding carboxylic acids is 1. The van der Waals surface area contributed by atoms with Gasteiger partial charge in [-0.2, -0.15) is 0 Å². The van der Waals surface area contributed by atoms with Gasteiger partial charge in [-0.25, -0.2) is 0 Å². The predicted molar refractivity (Wildman–Crippen MR) is 81.1 cm³/mol. The van der Waals surface area contributed by atoms with Crippen molar-refractivity contribution in [1.29, 1.82) is 0 Å². The number of thiocarbonyl (C=S) groups is 1. The molecule has 0 atom stereocenters. The molecule has 0 unspecified atom stereocenters. The van der Waals surface area contributed by atoms with Crippen molar-refractivity contribution >= 4 is 34.0 Å². The molecule has 0 radical (unpaired) electrons. The van der Waals surface area contributed by atoms with Crippen LogP contribution in [0.5, 0.6) is 0 Å². The Hall–Kier alpha value is -1.88. The van der Waals surface area contributed by atoms with Crippen molar-refractivity contribution < 1.29 is 4.79 Å². The molecule has 100 valence electrons. The summed E-state index contributed by atoms with van der Waals surface area (Å²) in [6, 6.07) is 7.75. The maximum atomic E-state index is 11.9. The van der Waals surface area contributed by atoms with E-state index in [1.807, 2.05) is 42.0 Å². The van der Waals surface area contributed by atoms with Crippen LogP contribution in [0.4, 0.5) is 0 Å². The van der Waals surface area contributed by atoms with Gasteiger partial charge in [0.05, 0.1) is 0 Å². The number of rotatable bonds is 4. The largest absolute Gasteiger partial charge is 0.389 e. The second-order valence-electron chi connectivity index (χ2n) is 4.49. The van der Waals surface area contributed by atoms with Gasteiger partial charge in [-0.3, -0.25) is 4.79 Å². The molecule has 1 aromatic heterocycles. The zero-order chi connectivity index (χ0) is 14.0. The van der Waals surface area contributed by atoms with Gasteiger partial charge in [0.1, 0.15) is 11.5 Å². The summed E-state index contributed by atoms with van der Waals surface area (Å²) < 4.78 is 1.94. The highest BCUT2D eigenvalue weighted by atomic mass is 32.1. The van der Waals surface area contributed by atoms with Crippen molar-refractivity contribution in [2.75, 3.05) is 13.6 Å². The van der Waals surface area contributed by atoms with Gasteiger partial charge in [-0.15, -0.1) is 0 Å². The van der Waals surface area contributed by atoms with Crippen LogP contribution in [0.25, 0.3) is 10.9 Å². The summed E-state index contributed by atoms with van der Waals surface area (Å²) in [5.74, 6) is 0.0958. The first kappa shape index (κ1) is 13.5. The van der Waals surface area contributed by atoms with Crippen LogP contribution in [0.1, 0.15) is 12.5 Å². The molecule has 0 fully saturated rings. The Morgan fingerprint density at radius 1 is 1.42 bits per heavy atom. The number of likely N-dealkylation sites (N-methyl/N-ethyl adjacent to an activating group) is 1. The number of amides is 1. The first-order valence-corrected chi connectivity index (χ1v) is 6.56. The number of fused-ring (bicyclic) bond motifs is 1. The van der Waals surface area contributed by atoms with E-state index >= 15 is 0 Å². The Balaban J connectivity index is 2.31. The lowest BCUT2D eigenvalue weighted by molar-refractivity contribution is -0.130. The summed E-state index contributed by atoms with van der Waals surface area (Å²) in [6.45, 7) is 3.02. The average Bonchev–Trinajstić information content (AvgIpc) is 2.80. The van der Waals surface area contributed by atoms with E-state index in [9.17, 15) is 4.79 Å². The van der Waals surface area contributed by atoms with Crippen molar-refractivity contribution in [2.45, 2.75) is 13.5 Å². The van der Waals surface area contributed by atoms with E-state index in [0.717, 1.165) is 16.5 Å². The third-order valence-electron chi connectivity index (χ3n) is 3.26. The molecule has 2 rings (SSSR count). The Bertz CT molecular complexity index is 633. The lowest BCUT2D eigenvalue weighted by Crippen LogP contribution is -2.29. The zero-order valence-electron chi connectivity index (χ0n) is 11.1. The van der Waals surface area contributed by atoms with Crippen molar-refractivity contribution in [1.82, 2.24) is 9.47 Å². The highest BCUT2D eigenvalue weighted by Gasteiger charge is 2.10. The molecule has 0 aliphatic heterocycles. The molecule has 1 aromatic carbocycles. The number of nitrogens with zero attached hydrogens (tertiary/aromatic N) is 2. The molecule has 4 nitrogen and oxygen atoms in total. The molecule has 2 N–H and O–H groups in total. The quantitative estimate of drug-likeness (QED) is 0.865. The van der Waals surface area contributed by atoms with E-state index in [0.29, 0.717) is 18.1 Å². The second kappa shape index (κ2) is 5.40. The summed E-state index contributed by atoms with van der Waals surface area (Å²) in [7, 11) is 1.80. The van der Waals surface area contributed by atoms with E-state index in [1.165, 1.54) is 0 Å². The minimum Gasteiger partial charge on any atom is -0.389 e. The minimum atomic E-state index is 0.0958. The Kier molecular flexibility index (Phi) is 3.85. The molecular formula is C14H17N3OS. The molecule has 0 saturated heterocycles. The molecule has 5 heteroatoms. The second-order valence-corrected chi connectivity index (χ2v) is 4.93. The maximum absolute atomic E-state index is 11.9. The SMILES string of the molecule is CCN(C)C(=O)Cn1ccc2cc(C(N)=S)ccc21. The lowest BCUT2D eigenvalue weighted by Gasteiger charge is -2.15. The normalized spacial score (nSPS) is 10.6. The number of hydrogen-bond acceptors (Lipinski definition) is 2. The van der Waals surface area contributed by atoms with Crippen LogP contribution in [-0.2, 0) is 11.3 Å². The summed E-state index contributed by atoms with van der Waals surface area (Å²) >= 11 is 4.96. The van der Waals surface area contributed by atoms with E-state index < -0.39 is 0 Å². The van der Waals surface area contributed by atoms with E-state index in [-0.39, 0.29) is 5.91 Å². The molecule has 2 aromatic rings. The Morgan fingerprint density at radius 2 is 2.16 bits per heavy atom. The van der Waals surface area contributed by atoms with Gasteiger partial charge in [0.15, 0.2) is 0 Å². The van der Waals surface area contributed by atoms with Crippen LogP contribution in [0.2, 0.25) is 0 Å². The number of aromatic nitrogens is 1. The highest BCUT2D eigenvalue weighted by molar-refractivity contribution is 7.80. The summed E-state index contributed by atoms with van der Waals surface area (Å²) in [5, 5.41) is 1.04. The van der Waals surface area contributed by atoms with Crippen LogP contribution >= 0.6 is 12.2 Å². The first-order valence-electron chi connectivity index (χ1n) is 6.15. The predicted octanol–water partition coefficient (Wildman–Crippen LogP) is 1.75. The third-order valence-corrected chi connectivity index (χ3v) is 3.50. The number of nitrogens with two attached hydrogens (primary N) is 1. The molecular weight excluding hydrogens is 258 g/mol. The number of carbonyl (C=O) groups is 1. The number of hydrogen-bond donors (Lipinski definition) is 1. The summed E-state index contributed by atoms with van der Waals surface area (Å²) in [5.41, 5.74) is 7.47. The lowest BCUT2D eigenvalue weighted by atomic mass is 10.1. The maximum Gasteiger partial charge on any atom is 0.242 e. The fraction of sp³-hybridized carbons (Fsp3) is 0.286. The van der Waals surface area contributed by atoms with Crippen molar-refractivity contribution in [3.63, 3.8) is 0 Å². The first-order chi connectivity index (χ1) is 9.02.